The highest BCUT2D eigenvalue weighted by Crippen LogP contribution is 2.22. The predicted molar refractivity (Wildman–Crippen MR) is 78.5 cm³/mol. The van der Waals surface area contributed by atoms with Crippen LogP contribution in [-0.2, 0) is 6.54 Å². The van der Waals surface area contributed by atoms with Crippen molar-refractivity contribution in [2.24, 2.45) is 0 Å². The summed E-state index contributed by atoms with van der Waals surface area (Å²) in [5.74, 6) is 0. The van der Waals surface area contributed by atoms with Gasteiger partial charge in [0.2, 0.25) is 0 Å². The van der Waals surface area contributed by atoms with Gasteiger partial charge in [-0.1, -0.05) is 0 Å². The maximum absolute atomic E-state index is 12.0. The molecular weight excluding hydrogens is 353 g/mol. The summed E-state index contributed by atoms with van der Waals surface area (Å²) in [6, 6.07) is 0. The van der Waals surface area contributed by atoms with Gasteiger partial charge in [-0.2, -0.15) is 18.3 Å². The molecule has 1 aromatic heterocycles. The molecule has 0 radical (unpaired) electrons. The van der Waals surface area contributed by atoms with Gasteiger partial charge >= 0.3 is 6.18 Å². The van der Waals surface area contributed by atoms with Gasteiger partial charge in [-0.25, -0.2) is 4.68 Å². The van der Waals surface area contributed by atoms with Crippen LogP contribution in [0.1, 0.15) is 12.8 Å². The van der Waals surface area contributed by atoms with Crippen molar-refractivity contribution in [1.82, 2.24) is 14.7 Å². The summed E-state index contributed by atoms with van der Waals surface area (Å²) in [6.45, 7) is 1.23. The Kier molecular flexibility index (Phi) is 6.66. The van der Waals surface area contributed by atoms with Crippen LogP contribution in [0, 0.1) is 0 Å². The van der Waals surface area contributed by atoms with Crippen molar-refractivity contribution in [1.29, 1.82) is 0 Å². The summed E-state index contributed by atoms with van der Waals surface area (Å²) < 4.78 is 37.7. The summed E-state index contributed by atoms with van der Waals surface area (Å²) in [7, 11) is 3.77. The zero-order valence-electron chi connectivity index (χ0n) is 11.9. The third-order valence-electron chi connectivity index (χ3n) is 2.70. The number of likely N-dealkylation sites (N-methyl/N-ethyl adjacent to an activating group) is 1. The van der Waals surface area contributed by atoms with E-state index in [1.54, 1.807) is 0 Å². The number of anilines is 1. The monoisotopic (exact) mass is 370 g/mol. The molecule has 0 amide bonds. The minimum atomic E-state index is -4.16. The second-order valence-electron chi connectivity index (χ2n) is 4.85. The quantitative estimate of drug-likeness (QED) is 0.748. The molecule has 1 aromatic rings. The van der Waals surface area contributed by atoms with E-state index in [0.29, 0.717) is 18.8 Å². The smallest absolute Gasteiger partial charge is 0.383 e. The zero-order valence-corrected chi connectivity index (χ0v) is 13.5. The second kappa shape index (κ2) is 7.79. The standard InChI is InChI=1S/C12H18BrF3N4O/c1-19(2)6-7-20-11(21)10(13)9(8-18-20)17-5-3-4-12(14,15)16/h8,17H,3-7H2,1-2H3. The predicted octanol–water partition coefficient (Wildman–Crippen LogP) is 2.32. The van der Waals surface area contributed by atoms with Crippen molar-refractivity contribution in [3.63, 3.8) is 0 Å². The van der Waals surface area contributed by atoms with E-state index in [1.807, 2.05) is 19.0 Å². The third-order valence-corrected chi connectivity index (χ3v) is 3.46. The molecule has 0 aliphatic carbocycles. The summed E-state index contributed by atoms with van der Waals surface area (Å²) in [6.07, 6.45) is -3.63. The van der Waals surface area contributed by atoms with E-state index in [-0.39, 0.29) is 23.0 Å². The summed E-state index contributed by atoms with van der Waals surface area (Å²) >= 11 is 3.16. The average Bonchev–Trinajstić information content (AvgIpc) is 2.37. The van der Waals surface area contributed by atoms with E-state index in [1.165, 1.54) is 10.9 Å². The molecule has 0 aliphatic heterocycles. The first-order valence-corrected chi connectivity index (χ1v) is 7.21. The summed E-state index contributed by atoms with van der Waals surface area (Å²) in [5, 5.41) is 6.79. The third kappa shape index (κ3) is 6.47. The molecule has 0 spiro atoms. The van der Waals surface area contributed by atoms with Crippen molar-refractivity contribution in [2.45, 2.75) is 25.6 Å². The molecule has 1 N–H and O–H groups in total. The topological polar surface area (TPSA) is 50.2 Å². The van der Waals surface area contributed by atoms with Crippen LogP contribution in [0.5, 0.6) is 0 Å². The first-order valence-electron chi connectivity index (χ1n) is 6.41. The SMILES string of the molecule is CN(C)CCn1ncc(NCCCC(F)(F)F)c(Br)c1=O. The Labute approximate surface area is 129 Å². The number of aromatic nitrogens is 2. The van der Waals surface area contributed by atoms with E-state index in [0.717, 1.165) is 0 Å². The molecule has 0 fully saturated rings. The Morgan fingerprint density at radius 3 is 2.67 bits per heavy atom. The molecule has 0 atom stereocenters. The van der Waals surface area contributed by atoms with Crippen molar-refractivity contribution < 1.29 is 13.2 Å². The first-order chi connectivity index (χ1) is 9.70. The molecule has 0 saturated heterocycles. The van der Waals surface area contributed by atoms with Crippen LogP contribution in [0.3, 0.4) is 0 Å². The Hall–Kier alpha value is -1.09. The van der Waals surface area contributed by atoms with Crippen molar-refractivity contribution >= 4 is 21.6 Å². The molecule has 21 heavy (non-hydrogen) atoms. The van der Waals surface area contributed by atoms with Gasteiger partial charge in [0.25, 0.3) is 5.56 Å². The van der Waals surface area contributed by atoms with Gasteiger partial charge in [-0.05, 0) is 36.4 Å². The second-order valence-corrected chi connectivity index (χ2v) is 5.64. The maximum Gasteiger partial charge on any atom is 0.389 e. The summed E-state index contributed by atoms with van der Waals surface area (Å²) in [5.41, 5.74) is 0.0981. The van der Waals surface area contributed by atoms with Crippen LogP contribution in [0.15, 0.2) is 15.5 Å². The lowest BCUT2D eigenvalue weighted by molar-refractivity contribution is -0.134. The van der Waals surface area contributed by atoms with E-state index in [2.05, 4.69) is 26.3 Å². The lowest BCUT2D eigenvalue weighted by Crippen LogP contribution is -2.29. The first kappa shape index (κ1) is 18.0. The molecule has 0 unspecified atom stereocenters. The van der Waals surface area contributed by atoms with E-state index >= 15 is 0 Å². The highest BCUT2D eigenvalue weighted by atomic mass is 79.9. The van der Waals surface area contributed by atoms with Crippen LogP contribution in [-0.4, -0.2) is 48.0 Å². The molecule has 0 bridgehead atoms. The number of hydrogen-bond donors (Lipinski definition) is 1. The average molecular weight is 371 g/mol. The van der Waals surface area contributed by atoms with Crippen LogP contribution in [0.2, 0.25) is 0 Å². The molecule has 0 saturated carbocycles. The van der Waals surface area contributed by atoms with E-state index < -0.39 is 12.6 Å². The molecule has 1 heterocycles. The molecule has 1 rings (SSSR count). The van der Waals surface area contributed by atoms with Gasteiger partial charge in [-0.3, -0.25) is 4.79 Å². The van der Waals surface area contributed by atoms with Crippen LogP contribution < -0.4 is 10.9 Å². The number of hydrogen-bond acceptors (Lipinski definition) is 4. The molecule has 9 heteroatoms. The Morgan fingerprint density at radius 1 is 1.43 bits per heavy atom. The Bertz CT molecular complexity index is 516. The van der Waals surface area contributed by atoms with Crippen molar-refractivity contribution in [3.05, 3.63) is 21.0 Å². The van der Waals surface area contributed by atoms with Crippen LogP contribution in [0.4, 0.5) is 18.9 Å². The fourth-order valence-electron chi connectivity index (χ4n) is 1.55. The van der Waals surface area contributed by atoms with Crippen LogP contribution >= 0.6 is 15.9 Å². The minimum Gasteiger partial charge on any atom is -0.383 e. The van der Waals surface area contributed by atoms with Crippen LogP contribution in [0.25, 0.3) is 0 Å². The van der Waals surface area contributed by atoms with Gasteiger partial charge < -0.3 is 10.2 Å². The highest BCUT2D eigenvalue weighted by molar-refractivity contribution is 9.10. The molecular formula is C12H18BrF3N4O. The van der Waals surface area contributed by atoms with Gasteiger partial charge in [0, 0.05) is 19.5 Å². The Balaban J connectivity index is 2.61. The van der Waals surface area contributed by atoms with Gasteiger partial charge in [0.05, 0.1) is 18.4 Å². The van der Waals surface area contributed by atoms with E-state index in [9.17, 15) is 18.0 Å². The number of halogens is 4. The fourth-order valence-corrected chi connectivity index (χ4v) is 2.00. The molecule has 0 aromatic carbocycles. The number of rotatable bonds is 7. The lowest BCUT2D eigenvalue weighted by Gasteiger charge is -2.13. The van der Waals surface area contributed by atoms with Crippen molar-refractivity contribution in [2.75, 3.05) is 32.5 Å². The number of nitrogens with zero attached hydrogens (tertiary/aromatic N) is 3. The zero-order chi connectivity index (χ0) is 16.0. The largest absolute Gasteiger partial charge is 0.389 e. The normalized spacial score (nSPS) is 12.0. The lowest BCUT2D eigenvalue weighted by atomic mass is 10.3. The molecule has 120 valence electrons. The molecule has 5 nitrogen and oxygen atoms in total. The van der Waals surface area contributed by atoms with E-state index in [4.69, 9.17) is 0 Å². The molecule has 0 aliphatic rings. The van der Waals surface area contributed by atoms with Crippen molar-refractivity contribution in [3.8, 4) is 0 Å². The minimum absolute atomic E-state index is 0.0559. The Morgan fingerprint density at radius 2 is 2.10 bits per heavy atom. The number of alkyl halides is 3. The fraction of sp³-hybridized carbons (Fsp3) is 0.667. The summed E-state index contributed by atoms with van der Waals surface area (Å²) in [4.78, 5) is 13.9. The number of nitrogens with one attached hydrogen (secondary N) is 1. The maximum atomic E-state index is 12.0. The van der Waals surface area contributed by atoms with Gasteiger partial charge in [0.15, 0.2) is 0 Å². The van der Waals surface area contributed by atoms with Gasteiger partial charge in [0.1, 0.15) is 4.47 Å². The highest BCUT2D eigenvalue weighted by Gasteiger charge is 2.25. The van der Waals surface area contributed by atoms with Gasteiger partial charge in [-0.15, -0.1) is 0 Å².